The summed E-state index contributed by atoms with van der Waals surface area (Å²) >= 11 is 0. The predicted molar refractivity (Wildman–Crippen MR) is 102 cm³/mol. The zero-order valence-corrected chi connectivity index (χ0v) is 16.1. The van der Waals surface area contributed by atoms with Gasteiger partial charge in [0.15, 0.2) is 0 Å². The lowest BCUT2D eigenvalue weighted by molar-refractivity contribution is -0.137. The number of carboxylic acids is 1. The Labute approximate surface area is 160 Å². The third-order valence-electron chi connectivity index (χ3n) is 4.73. The molecule has 2 rings (SSSR count). The molecule has 1 heterocycles. The first-order valence-electron chi connectivity index (χ1n) is 9.46. The number of amides is 3. The van der Waals surface area contributed by atoms with Crippen LogP contribution in [0.15, 0.2) is 30.3 Å². The molecule has 0 spiro atoms. The largest absolute Gasteiger partial charge is 0.481 e. The first-order chi connectivity index (χ1) is 12.9. The summed E-state index contributed by atoms with van der Waals surface area (Å²) in [5.74, 6) is -0.807. The van der Waals surface area contributed by atoms with Crippen molar-refractivity contribution >= 4 is 17.9 Å². The first-order valence-corrected chi connectivity index (χ1v) is 9.46. The molecule has 0 aliphatic carbocycles. The number of nitrogens with one attached hydrogen (secondary N) is 1. The molecule has 0 saturated carbocycles. The average molecular weight is 375 g/mol. The van der Waals surface area contributed by atoms with Gasteiger partial charge in [-0.2, -0.15) is 0 Å². The summed E-state index contributed by atoms with van der Waals surface area (Å²) in [5.41, 5.74) is 1.06. The molecule has 0 aromatic heterocycles. The maximum atomic E-state index is 12.6. The molecular formula is C20H29N3O4. The summed E-state index contributed by atoms with van der Waals surface area (Å²) in [5, 5.41) is 12.0. The number of carbonyl (C=O) groups is 3. The Balaban J connectivity index is 1.91. The van der Waals surface area contributed by atoms with E-state index in [1.54, 1.807) is 9.80 Å². The van der Waals surface area contributed by atoms with Crippen molar-refractivity contribution in [2.45, 2.75) is 39.2 Å². The van der Waals surface area contributed by atoms with Crippen molar-refractivity contribution in [2.75, 3.05) is 26.2 Å². The molecule has 0 bridgehead atoms. The number of carbonyl (C=O) groups excluding carboxylic acids is 2. The second kappa shape index (κ2) is 9.94. The summed E-state index contributed by atoms with van der Waals surface area (Å²) in [6, 6.07) is 9.27. The highest BCUT2D eigenvalue weighted by Crippen LogP contribution is 2.11. The van der Waals surface area contributed by atoms with E-state index in [1.165, 1.54) is 0 Å². The fourth-order valence-corrected chi connectivity index (χ4v) is 3.18. The van der Waals surface area contributed by atoms with Gasteiger partial charge >= 0.3 is 12.0 Å². The molecule has 1 aliphatic rings. The monoisotopic (exact) mass is 375 g/mol. The minimum Gasteiger partial charge on any atom is -0.481 e. The molecule has 1 atom stereocenters. The van der Waals surface area contributed by atoms with Crippen molar-refractivity contribution in [3.8, 4) is 0 Å². The number of aliphatic carboxylic acids is 1. The molecule has 3 amide bonds. The standard InChI is InChI=1S/C20H29N3O4/c1-15(2)19(26)22-10-12-23(13-11-22)20(27)21-17(8-9-18(24)25)14-16-6-4-3-5-7-16/h3-7,15,17H,8-14H2,1-2H3,(H,21,27)(H,24,25). The molecule has 1 unspecified atom stereocenters. The highest BCUT2D eigenvalue weighted by Gasteiger charge is 2.26. The lowest BCUT2D eigenvalue weighted by Crippen LogP contribution is -2.55. The Bertz CT molecular complexity index is 640. The normalized spacial score (nSPS) is 15.5. The van der Waals surface area contributed by atoms with Gasteiger partial charge in [0.2, 0.25) is 5.91 Å². The second-order valence-corrected chi connectivity index (χ2v) is 7.24. The minimum absolute atomic E-state index is 0.00838. The van der Waals surface area contributed by atoms with Crippen LogP contribution in [0.3, 0.4) is 0 Å². The van der Waals surface area contributed by atoms with Crippen molar-refractivity contribution in [3.63, 3.8) is 0 Å². The smallest absolute Gasteiger partial charge is 0.317 e. The number of benzene rings is 1. The van der Waals surface area contributed by atoms with Crippen LogP contribution in [0.2, 0.25) is 0 Å². The van der Waals surface area contributed by atoms with Crippen LogP contribution in [0.5, 0.6) is 0 Å². The van der Waals surface area contributed by atoms with Crippen molar-refractivity contribution in [1.29, 1.82) is 0 Å². The van der Waals surface area contributed by atoms with E-state index in [0.29, 0.717) is 39.0 Å². The number of rotatable bonds is 7. The van der Waals surface area contributed by atoms with Gasteiger partial charge in [0.05, 0.1) is 0 Å². The van der Waals surface area contributed by atoms with E-state index in [4.69, 9.17) is 5.11 Å². The minimum atomic E-state index is -0.872. The maximum absolute atomic E-state index is 12.6. The number of hydrogen-bond acceptors (Lipinski definition) is 3. The number of carboxylic acid groups (broad SMARTS) is 1. The molecule has 1 fully saturated rings. The van der Waals surface area contributed by atoms with Gasteiger partial charge in [0, 0.05) is 44.6 Å². The molecule has 1 aromatic rings. The van der Waals surface area contributed by atoms with Crippen LogP contribution in [0.1, 0.15) is 32.3 Å². The van der Waals surface area contributed by atoms with E-state index in [-0.39, 0.29) is 30.3 Å². The molecule has 27 heavy (non-hydrogen) atoms. The van der Waals surface area contributed by atoms with Crippen LogP contribution >= 0.6 is 0 Å². The molecule has 7 nitrogen and oxygen atoms in total. The Hall–Kier alpha value is -2.57. The lowest BCUT2D eigenvalue weighted by atomic mass is 10.0. The molecule has 0 radical (unpaired) electrons. The summed E-state index contributed by atoms with van der Waals surface area (Å²) in [6.45, 7) is 5.78. The zero-order chi connectivity index (χ0) is 19.8. The van der Waals surface area contributed by atoms with E-state index in [1.807, 2.05) is 44.2 Å². The van der Waals surface area contributed by atoms with E-state index in [2.05, 4.69) is 5.32 Å². The molecule has 7 heteroatoms. The first kappa shape index (κ1) is 20.7. The number of nitrogens with zero attached hydrogens (tertiary/aromatic N) is 2. The Morgan fingerprint density at radius 2 is 1.63 bits per heavy atom. The third-order valence-corrected chi connectivity index (χ3v) is 4.73. The van der Waals surface area contributed by atoms with Crippen molar-refractivity contribution in [2.24, 2.45) is 5.92 Å². The van der Waals surface area contributed by atoms with Crippen LogP contribution in [0.25, 0.3) is 0 Å². The quantitative estimate of drug-likeness (QED) is 0.762. The molecule has 1 aromatic carbocycles. The van der Waals surface area contributed by atoms with E-state index < -0.39 is 5.97 Å². The van der Waals surface area contributed by atoms with Crippen molar-refractivity contribution in [1.82, 2.24) is 15.1 Å². The molecule has 2 N–H and O–H groups in total. The van der Waals surface area contributed by atoms with Gasteiger partial charge < -0.3 is 20.2 Å². The summed E-state index contributed by atoms with van der Waals surface area (Å²) < 4.78 is 0. The fourth-order valence-electron chi connectivity index (χ4n) is 3.18. The van der Waals surface area contributed by atoms with Gasteiger partial charge in [-0.15, -0.1) is 0 Å². The van der Waals surface area contributed by atoms with Crippen LogP contribution < -0.4 is 5.32 Å². The van der Waals surface area contributed by atoms with Gasteiger partial charge in [-0.05, 0) is 18.4 Å². The average Bonchev–Trinajstić information content (AvgIpc) is 2.66. The second-order valence-electron chi connectivity index (χ2n) is 7.24. The molecule has 148 valence electrons. The predicted octanol–water partition coefficient (Wildman–Crippen LogP) is 1.97. The van der Waals surface area contributed by atoms with Gasteiger partial charge in [-0.25, -0.2) is 4.79 Å². The van der Waals surface area contributed by atoms with E-state index in [9.17, 15) is 14.4 Å². The summed E-state index contributed by atoms with van der Waals surface area (Å²) in [7, 11) is 0. The topological polar surface area (TPSA) is 90.0 Å². The van der Waals surface area contributed by atoms with Crippen LogP contribution in [-0.2, 0) is 16.0 Å². The van der Waals surface area contributed by atoms with Gasteiger partial charge in [-0.1, -0.05) is 44.2 Å². The molecule has 1 saturated heterocycles. The lowest BCUT2D eigenvalue weighted by Gasteiger charge is -2.36. The summed E-state index contributed by atoms with van der Waals surface area (Å²) in [4.78, 5) is 39.1. The van der Waals surface area contributed by atoms with Gasteiger partial charge in [0.1, 0.15) is 0 Å². The SMILES string of the molecule is CC(C)C(=O)N1CCN(C(=O)NC(CCC(=O)O)Cc2ccccc2)CC1. The number of piperazine rings is 1. The Morgan fingerprint density at radius 1 is 1.04 bits per heavy atom. The van der Waals surface area contributed by atoms with Gasteiger partial charge in [-0.3, -0.25) is 9.59 Å². The third kappa shape index (κ3) is 6.58. The summed E-state index contributed by atoms with van der Waals surface area (Å²) in [6.07, 6.45) is 0.974. The van der Waals surface area contributed by atoms with Crippen LogP contribution in [0, 0.1) is 5.92 Å². The van der Waals surface area contributed by atoms with Crippen LogP contribution in [0.4, 0.5) is 4.79 Å². The maximum Gasteiger partial charge on any atom is 0.317 e. The van der Waals surface area contributed by atoms with Crippen molar-refractivity contribution in [3.05, 3.63) is 35.9 Å². The molecular weight excluding hydrogens is 346 g/mol. The fraction of sp³-hybridized carbons (Fsp3) is 0.550. The van der Waals surface area contributed by atoms with Gasteiger partial charge in [0.25, 0.3) is 0 Å². The van der Waals surface area contributed by atoms with E-state index >= 15 is 0 Å². The molecule has 1 aliphatic heterocycles. The van der Waals surface area contributed by atoms with Crippen molar-refractivity contribution < 1.29 is 19.5 Å². The highest BCUT2D eigenvalue weighted by molar-refractivity contribution is 5.79. The zero-order valence-electron chi connectivity index (χ0n) is 16.1. The Morgan fingerprint density at radius 3 is 2.19 bits per heavy atom. The Kier molecular flexibility index (Phi) is 7.64. The number of hydrogen-bond donors (Lipinski definition) is 2. The highest BCUT2D eigenvalue weighted by atomic mass is 16.4. The number of urea groups is 1. The van der Waals surface area contributed by atoms with E-state index in [0.717, 1.165) is 5.56 Å². The van der Waals surface area contributed by atoms with Crippen LogP contribution in [-0.4, -0.2) is 65.0 Å².